The Kier molecular flexibility index (Phi) is 7.05. The van der Waals surface area contributed by atoms with E-state index in [0.29, 0.717) is 18.4 Å². The summed E-state index contributed by atoms with van der Waals surface area (Å²) < 4.78 is 0. The molecule has 33 heavy (non-hydrogen) atoms. The van der Waals surface area contributed by atoms with E-state index in [1.165, 1.54) is 4.90 Å². The average molecular weight is 452 g/mol. The summed E-state index contributed by atoms with van der Waals surface area (Å²) in [6.07, 6.45) is 8.66. The first kappa shape index (κ1) is 23.3. The van der Waals surface area contributed by atoms with Crippen LogP contribution in [0.4, 0.5) is 5.69 Å². The lowest BCUT2D eigenvalue weighted by atomic mass is 9.96. The Balaban J connectivity index is 1.70. The van der Waals surface area contributed by atoms with Crippen LogP contribution in [0.3, 0.4) is 0 Å². The summed E-state index contributed by atoms with van der Waals surface area (Å²) in [6, 6.07) is 4.77. The number of azo groups is 1. The van der Waals surface area contributed by atoms with Crippen molar-refractivity contribution in [2.45, 2.75) is 84.1 Å². The van der Waals surface area contributed by atoms with Gasteiger partial charge in [-0.1, -0.05) is 45.6 Å². The molecule has 0 radical (unpaired) electrons. The minimum atomic E-state index is -0.370. The number of imide groups is 1. The first-order valence-electron chi connectivity index (χ1n) is 12.4. The highest BCUT2D eigenvalue weighted by Crippen LogP contribution is 2.37. The predicted octanol–water partition coefficient (Wildman–Crippen LogP) is 6.27. The summed E-state index contributed by atoms with van der Waals surface area (Å²) in [5, 5.41) is 19.5. The number of benzene rings is 1. The predicted molar refractivity (Wildman–Crippen MR) is 124 cm³/mol. The van der Waals surface area contributed by atoms with Crippen LogP contribution in [-0.4, -0.2) is 33.6 Å². The van der Waals surface area contributed by atoms with Crippen molar-refractivity contribution >= 4 is 23.3 Å². The van der Waals surface area contributed by atoms with Crippen molar-refractivity contribution in [2.24, 2.45) is 22.1 Å². The van der Waals surface area contributed by atoms with Crippen LogP contribution in [0.1, 0.15) is 98.8 Å². The number of rotatable bonds is 8. The van der Waals surface area contributed by atoms with Gasteiger partial charge in [-0.2, -0.15) is 0 Å². The maximum absolute atomic E-state index is 13.2. The van der Waals surface area contributed by atoms with E-state index in [1.807, 2.05) is 13.8 Å². The van der Waals surface area contributed by atoms with Gasteiger partial charge in [0.2, 0.25) is 0 Å². The lowest BCUT2D eigenvalue weighted by molar-refractivity contribution is -0.119. The fourth-order valence-corrected chi connectivity index (χ4v) is 5.46. The summed E-state index contributed by atoms with van der Waals surface area (Å²) in [5.74, 6) is -1.02. The van der Waals surface area contributed by atoms with E-state index >= 15 is 0 Å². The Morgan fingerprint density at radius 2 is 1.61 bits per heavy atom. The molecular weight excluding hydrogens is 418 g/mol. The normalized spacial score (nSPS) is 20.4. The molecule has 0 bridgehead atoms. The van der Waals surface area contributed by atoms with E-state index in [4.69, 9.17) is 0 Å². The second-order valence-electron chi connectivity index (χ2n) is 9.41. The second-order valence-corrected chi connectivity index (χ2v) is 9.41. The fraction of sp³-hybridized carbons (Fsp3) is 0.577. The van der Waals surface area contributed by atoms with Crippen molar-refractivity contribution in [3.8, 4) is 0 Å². The molecule has 1 aromatic rings. The number of hydrogen-bond donors (Lipinski definition) is 1. The van der Waals surface area contributed by atoms with E-state index in [9.17, 15) is 19.5 Å². The van der Waals surface area contributed by atoms with Crippen LogP contribution in [0, 0.1) is 11.8 Å². The number of nitrogens with zero attached hydrogens (tertiary/aromatic N) is 3. The van der Waals surface area contributed by atoms with Crippen molar-refractivity contribution in [3.63, 3.8) is 0 Å². The number of hydrogen-bond acceptors (Lipinski definition) is 6. The van der Waals surface area contributed by atoms with Gasteiger partial charge in [-0.15, -0.1) is 10.2 Å². The number of aliphatic hydroxyl groups excluding tert-OH is 1. The van der Waals surface area contributed by atoms with Gasteiger partial charge in [-0.3, -0.25) is 19.3 Å². The average Bonchev–Trinajstić information content (AvgIpc) is 3.59. The van der Waals surface area contributed by atoms with Crippen molar-refractivity contribution < 1.29 is 19.5 Å². The van der Waals surface area contributed by atoms with Crippen LogP contribution < -0.4 is 0 Å². The first-order valence-corrected chi connectivity index (χ1v) is 12.4. The summed E-state index contributed by atoms with van der Waals surface area (Å²) in [6.45, 7) is 3.91. The minimum absolute atomic E-state index is 0.0278. The quantitative estimate of drug-likeness (QED) is 0.218. The van der Waals surface area contributed by atoms with E-state index in [-0.39, 0.29) is 58.2 Å². The lowest BCUT2D eigenvalue weighted by Gasteiger charge is -2.23. The maximum Gasteiger partial charge on any atom is 0.264 e. The van der Waals surface area contributed by atoms with Crippen molar-refractivity contribution in [2.75, 3.05) is 0 Å². The molecule has 1 aliphatic heterocycles. The summed E-state index contributed by atoms with van der Waals surface area (Å²) in [7, 11) is 0. The zero-order chi connectivity index (χ0) is 23.5. The van der Waals surface area contributed by atoms with Crippen LogP contribution in [-0.2, 0) is 4.79 Å². The molecule has 2 fully saturated rings. The zero-order valence-corrected chi connectivity index (χ0v) is 19.5. The van der Waals surface area contributed by atoms with Gasteiger partial charge in [0.1, 0.15) is 5.76 Å². The zero-order valence-electron chi connectivity index (χ0n) is 19.5. The summed E-state index contributed by atoms with van der Waals surface area (Å²) in [4.78, 5) is 40.7. The van der Waals surface area contributed by atoms with E-state index in [1.54, 1.807) is 18.2 Å². The monoisotopic (exact) mass is 451 g/mol. The van der Waals surface area contributed by atoms with Crippen molar-refractivity contribution in [3.05, 3.63) is 40.8 Å². The number of aliphatic hydroxyl groups is 1. The maximum atomic E-state index is 13.2. The smallest absolute Gasteiger partial charge is 0.264 e. The molecule has 2 saturated carbocycles. The molecule has 2 amide bonds. The number of carbonyl (C=O) groups excluding carboxylic acids is 3. The highest BCUT2D eigenvalue weighted by molar-refractivity contribution is 6.23. The van der Waals surface area contributed by atoms with Gasteiger partial charge >= 0.3 is 0 Å². The van der Waals surface area contributed by atoms with Gasteiger partial charge in [0, 0.05) is 17.9 Å². The molecule has 1 aromatic carbocycles. The molecule has 7 nitrogen and oxygen atoms in total. The molecule has 0 unspecified atom stereocenters. The molecular formula is C26H33N3O4. The number of Topliss-reactive ketones (excluding diaryl/α,β-unsaturated/α-hetero) is 1. The molecule has 0 saturated heterocycles. The number of ketones is 1. The molecule has 4 rings (SSSR count). The van der Waals surface area contributed by atoms with Gasteiger partial charge in [0.25, 0.3) is 11.8 Å². The van der Waals surface area contributed by atoms with E-state index in [0.717, 1.165) is 51.4 Å². The molecule has 0 atom stereocenters. The largest absolute Gasteiger partial charge is 0.510 e. The van der Waals surface area contributed by atoms with Gasteiger partial charge in [-0.25, -0.2) is 0 Å². The summed E-state index contributed by atoms with van der Waals surface area (Å²) >= 11 is 0. The Morgan fingerprint density at radius 1 is 1.00 bits per heavy atom. The highest BCUT2D eigenvalue weighted by atomic mass is 16.3. The topological polar surface area (TPSA) is 99.4 Å². The van der Waals surface area contributed by atoms with Crippen LogP contribution in [0.2, 0.25) is 0 Å². The van der Waals surface area contributed by atoms with Crippen LogP contribution >= 0.6 is 0 Å². The van der Waals surface area contributed by atoms with Gasteiger partial charge in [-0.05, 0) is 50.7 Å². The van der Waals surface area contributed by atoms with Crippen molar-refractivity contribution in [1.29, 1.82) is 0 Å². The van der Waals surface area contributed by atoms with Crippen LogP contribution in [0.5, 0.6) is 0 Å². The number of carbonyl (C=O) groups is 3. The summed E-state index contributed by atoms with van der Waals surface area (Å²) in [5.41, 5.74) is 0.831. The Bertz CT molecular complexity index is 997. The van der Waals surface area contributed by atoms with Gasteiger partial charge in [0.15, 0.2) is 11.5 Å². The standard InChI is InChI=1S/C26H33N3O4/c1-3-18(4-2)29-25(32)19-14-9-15-20(21(19)26(29)33)27-28-22(23(30)16-10-5-6-11-16)24(31)17-12-7-8-13-17/h9,14-18,30H,3-8,10-13H2,1-2H3/b23-22-,28-27?. The van der Waals surface area contributed by atoms with Crippen LogP contribution in [0.25, 0.3) is 0 Å². The van der Waals surface area contributed by atoms with Gasteiger partial charge < -0.3 is 5.11 Å². The third kappa shape index (κ3) is 4.37. The molecule has 2 aliphatic carbocycles. The number of fused-ring (bicyclic) bond motifs is 1. The Morgan fingerprint density at radius 3 is 2.21 bits per heavy atom. The third-order valence-electron chi connectivity index (χ3n) is 7.43. The molecule has 1 N–H and O–H groups in total. The third-order valence-corrected chi connectivity index (χ3v) is 7.43. The van der Waals surface area contributed by atoms with Crippen LogP contribution in [0.15, 0.2) is 39.9 Å². The molecule has 7 heteroatoms. The molecule has 1 heterocycles. The SMILES string of the molecule is CCC(CC)N1C(=O)c2cccc(N=N/C(C(=O)C3CCCC3)=C(\O)C3CCCC3)c2C1=O. The fourth-order valence-electron chi connectivity index (χ4n) is 5.46. The first-order chi connectivity index (χ1) is 16.0. The molecule has 0 aromatic heterocycles. The Hall–Kier alpha value is -2.83. The number of amides is 2. The second kappa shape index (κ2) is 9.98. The molecule has 0 spiro atoms. The van der Waals surface area contributed by atoms with E-state index < -0.39 is 0 Å². The van der Waals surface area contributed by atoms with Crippen molar-refractivity contribution in [1.82, 2.24) is 4.90 Å². The molecule has 176 valence electrons. The lowest BCUT2D eigenvalue weighted by Crippen LogP contribution is -2.39. The minimum Gasteiger partial charge on any atom is -0.510 e. The Labute approximate surface area is 195 Å². The molecule has 3 aliphatic rings. The van der Waals surface area contributed by atoms with Gasteiger partial charge in [0.05, 0.1) is 16.8 Å². The number of allylic oxidation sites excluding steroid dienone is 2. The van der Waals surface area contributed by atoms with E-state index in [2.05, 4.69) is 10.2 Å². The highest BCUT2D eigenvalue weighted by Gasteiger charge is 2.40.